The topological polar surface area (TPSA) is 57.5 Å². The summed E-state index contributed by atoms with van der Waals surface area (Å²) in [5.74, 6) is 0.295. The van der Waals surface area contributed by atoms with E-state index in [9.17, 15) is 9.90 Å². The van der Waals surface area contributed by atoms with Crippen molar-refractivity contribution >= 4 is 5.97 Å². The van der Waals surface area contributed by atoms with Gasteiger partial charge in [0.1, 0.15) is 0 Å². The molecule has 2 rings (SSSR count). The summed E-state index contributed by atoms with van der Waals surface area (Å²) < 4.78 is 0. The molecule has 3 heteroatoms. The molecule has 0 aromatic heterocycles. The third kappa shape index (κ3) is 2.17. The number of carboxylic acids is 1. The van der Waals surface area contributed by atoms with Gasteiger partial charge in [-0.25, -0.2) is 0 Å². The van der Waals surface area contributed by atoms with E-state index >= 15 is 0 Å². The van der Waals surface area contributed by atoms with Crippen molar-refractivity contribution in [2.45, 2.75) is 38.5 Å². The maximum atomic E-state index is 11.1. The number of fused-ring (bicyclic) bond motifs is 1. The minimum Gasteiger partial charge on any atom is -0.481 e. The van der Waals surface area contributed by atoms with E-state index in [0.717, 1.165) is 12.8 Å². The molecule has 2 aliphatic rings. The van der Waals surface area contributed by atoms with E-state index in [2.05, 4.69) is 0 Å². The summed E-state index contributed by atoms with van der Waals surface area (Å²) in [4.78, 5) is 11.1. The fourth-order valence-corrected chi connectivity index (χ4v) is 3.48. The van der Waals surface area contributed by atoms with Gasteiger partial charge < -0.3 is 10.2 Å². The minimum atomic E-state index is -0.710. The van der Waals surface area contributed by atoms with Crippen molar-refractivity contribution < 1.29 is 15.0 Å². The third-order valence-corrected chi connectivity index (χ3v) is 4.35. The maximum Gasteiger partial charge on any atom is 0.306 e. The van der Waals surface area contributed by atoms with Crippen molar-refractivity contribution in [3.05, 3.63) is 0 Å². The molecule has 4 atom stereocenters. The first kappa shape index (κ1) is 10.9. The Kier molecular flexibility index (Phi) is 3.29. The van der Waals surface area contributed by atoms with Crippen molar-refractivity contribution in [3.63, 3.8) is 0 Å². The highest BCUT2D eigenvalue weighted by molar-refractivity contribution is 5.70. The van der Waals surface area contributed by atoms with Crippen LogP contribution >= 0.6 is 0 Å². The van der Waals surface area contributed by atoms with E-state index < -0.39 is 5.97 Å². The second-order valence-electron chi connectivity index (χ2n) is 5.16. The predicted molar refractivity (Wildman–Crippen MR) is 56.4 cm³/mol. The average molecular weight is 212 g/mol. The molecule has 2 N–H and O–H groups in total. The van der Waals surface area contributed by atoms with Gasteiger partial charge in [0.25, 0.3) is 0 Å². The summed E-state index contributed by atoms with van der Waals surface area (Å²) in [6.45, 7) is 0.0419. The van der Waals surface area contributed by atoms with Gasteiger partial charge in [0.05, 0.1) is 5.92 Å². The number of hydrogen-bond acceptors (Lipinski definition) is 2. The Labute approximate surface area is 90.5 Å². The van der Waals surface area contributed by atoms with Crippen LogP contribution in [0.1, 0.15) is 38.5 Å². The van der Waals surface area contributed by atoms with Crippen molar-refractivity contribution in [1.29, 1.82) is 0 Å². The van der Waals surface area contributed by atoms with Gasteiger partial charge in [-0.1, -0.05) is 25.7 Å². The molecule has 2 saturated carbocycles. The summed E-state index contributed by atoms with van der Waals surface area (Å²) in [6, 6.07) is 0. The fraction of sp³-hybridized carbons (Fsp3) is 0.917. The Hall–Kier alpha value is -0.570. The third-order valence-electron chi connectivity index (χ3n) is 4.35. The largest absolute Gasteiger partial charge is 0.481 e. The molecule has 2 fully saturated rings. The average Bonchev–Trinajstić information content (AvgIpc) is 2.27. The summed E-state index contributed by atoms with van der Waals surface area (Å²) in [5.41, 5.74) is 0. The molecule has 0 amide bonds. The Morgan fingerprint density at radius 1 is 1.13 bits per heavy atom. The number of carbonyl (C=O) groups is 1. The SMILES string of the molecule is O=C(O)C1CC2CCCCC2CC1CO. The Balaban J connectivity index is 2.05. The molecule has 0 aromatic carbocycles. The van der Waals surface area contributed by atoms with Gasteiger partial charge in [0.15, 0.2) is 0 Å². The fourth-order valence-electron chi connectivity index (χ4n) is 3.48. The first-order valence-electron chi connectivity index (χ1n) is 6.06. The Morgan fingerprint density at radius 3 is 2.27 bits per heavy atom. The van der Waals surface area contributed by atoms with Gasteiger partial charge in [-0.15, -0.1) is 0 Å². The lowest BCUT2D eigenvalue weighted by molar-refractivity contribution is -0.148. The molecule has 4 unspecified atom stereocenters. The highest BCUT2D eigenvalue weighted by Gasteiger charge is 2.40. The zero-order valence-corrected chi connectivity index (χ0v) is 9.06. The molecule has 86 valence electrons. The van der Waals surface area contributed by atoms with E-state index in [4.69, 9.17) is 5.11 Å². The normalized spacial score (nSPS) is 40.9. The van der Waals surface area contributed by atoms with E-state index in [-0.39, 0.29) is 18.4 Å². The van der Waals surface area contributed by atoms with Crippen molar-refractivity contribution in [1.82, 2.24) is 0 Å². The van der Waals surface area contributed by atoms with Crippen LogP contribution < -0.4 is 0 Å². The van der Waals surface area contributed by atoms with Crippen LogP contribution in [-0.2, 0) is 4.79 Å². The summed E-state index contributed by atoms with van der Waals surface area (Å²) in [6.07, 6.45) is 6.72. The van der Waals surface area contributed by atoms with Crippen LogP contribution in [0, 0.1) is 23.7 Å². The first-order chi connectivity index (χ1) is 7.22. The molecule has 0 aliphatic heterocycles. The van der Waals surface area contributed by atoms with Crippen LogP contribution in [0.15, 0.2) is 0 Å². The Bertz CT molecular complexity index is 239. The second kappa shape index (κ2) is 4.52. The lowest BCUT2D eigenvalue weighted by atomic mass is 9.63. The maximum absolute atomic E-state index is 11.1. The van der Waals surface area contributed by atoms with Crippen molar-refractivity contribution in [3.8, 4) is 0 Å². The molecule has 0 radical (unpaired) electrons. The summed E-state index contributed by atoms with van der Waals surface area (Å²) in [5, 5.41) is 18.4. The molecule has 15 heavy (non-hydrogen) atoms. The van der Waals surface area contributed by atoms with E-state index in [1.807, 2.05) is 0 Å². The van der Waals surface area contributed by atoms with Crippen LogP contribution in [0.2, 0.25) is 0 Å². The van der Waals surface area contributed by atoms with Gasteiger partial charge in [-0.3, -0.25) is 4.79 Å². The van der Waals surface area contributed by atoms with Crippen LogP contribution in [0.4, 0.5) is 0 Å². The number of rotatable bonds is 2. The van der Waals surface area contributed by atoms with E-state index in [0.29, 0.717) is 11.8 Å². The zero-order chi connectivity index (χ0) is 10.8. The lowest BCUT2D eigenvalue weighted by Gasteiger charge is -2.41. The van der Waals surface area contributed by atoms with Crippen LogP contribution in [0.25, 0.3) is 0 Å². The van der Waals surface area contributed by atoms with Crippen LogP contribution in [-0.4, -0.2) is 22.8 Å². The molecule has 3 nitrogen and oxygen atoms in total. The van der Waals surface area contributed by atoms with Gasteiger partial charge in [0.2, 0.25) is 0 Å². The lowest BCUT2D eigenvalue weighted by Crippen LogP contribution is -2.38. The minimum absolute atomic E-state index is 0.00171. The number of hydrogen-bond donors (Lipinski definition) is 2. The van der Waals surface area contributed by atoms with Crippen molar-refractivity contribution in [2.75, 3.05) is 6.61 Å². The monoisotopic (exact) mass is 212 g/mol. The summed E-state index contributed by atoms with van der Waals surface area (Å²) >= 11 is 0. The van der Waals surface area contributed by atoms with Gasteiger partial charge >= 0.3 is 5.97 Å². The molecule has 0 aromatic rings. The highest BCUT2D eigenvalue weighted by atomic mass is 16.4. The standard InChI is InChI=1S/C12H20O3/c13-7-10-5-8-3-1-2-4-9(8)6-11(10)12(14)15/h8-11,13H,1-7H2,(H,14,15). The first-order valence-corrected chi connectivity index (χ1v) is 6.06. The zero-order valence-electron chi connectivity index (χ0n) is 9.06. The summed E-state index contributed by atoms with van der Waals surface area (Å²) in [7, 11) is 0. The molecule has 2 aliphatic carbocycles. The van der Waals surface area contributed by atoms with Crippen LogP contribution in [0.3, 0.4) is 0 Å². The molecule has 0 heterocycles. The molecular formula is C12H20O3. The predicted octanol–water partition coefficient (Wildman–Crippen LogP) is 1.90. The number of aliphatic hydroxyl groups is 1. The number of aliphatic carboxylic acids is 1. The van der Waals surface area contributed by atoms with Gasteiger partial charge in [-0.2, -0.15) is 0 Å². The highest BCUT2D eigenvalue weighted by Crippen LogP contribution is 2.45. The quantitative estimate of drug-likeness (QED) is 0.735. The molecule has 0 spiro atoms. The van der Waals surface area contributed by atoms with Crippen LogP contribution in [0.5, 0.6) is 0 Å². The number of carboxylic acid groups (broad SMARTS) is 1. The second-order valence-corrected chi connectivity index (χ2v) is 5.16. The molecular weight excluding hydrogens is 192 g/mol. The van der Waals surface area contributed by atoms with E-state index in [1.54, 1.807) is 0 Å². The van der Waals surface area contributed by atoms with Crippen molar-refractivity contribution in [2.24, 2.45) is 23.7 Å². The van der Waals surface area contributed by atoms with E-state index in [1.165, 1.54) is 25.7 Å². The van der Waals surface area contributed by atoms with Gasteiger partial charge in [0, 0.05) is 6.61 Å². The smallest absolute Gasteiger partial charge is 0.306 e. The number of aliphatic hydroxyl groups excluding tert-OH is 1. The molecule has 0 saturated heterocycles. The Morgan fingerprint density at radius 2 is 1.73 bits per heavy atom. The van der Waals surface area contributed by atoms with Gasteiger partial charge in [-0.05, 0) is 30.6 Å². The molecule has 0 bridgehead atoms.